The van der Waals surface area contributed by atoms with Gasteiger partial charge in [-0.05, 0) is 41.0 Å². The Hall–Kier alpha value is -3.33. The van der Waals surface area contributed by atoms with Crippen molar-refractivity contribution < 1.29 is 58.4 Å². The van der Waals surface area contributed by atoms with Gasteiger partial charge >= 0.3 is 5.97 Å². The van der Waals surface area contributed by atoms with Crippen LogP contribution in [-0.2, 0) is 19.0 Å². The van der Waals surface area contributed by atoms with Crippen LogP contribution in [-0.4, -0.2) is 91.3 Å². The number of methoxy groups -OCH3 is 2. The van der Waals surface area contributed by atoms with Gasteiger partial charge in [-0.2, -0.15) is 0 Å². The summed E-state index contributed by atoms with van der Waals surface area (Å²) in [4.78, 5) is 13.3. The topological polar surface area (TPSA) is 189 Å². The van der Waals surface area contributed by atoms with Crippen LogP contribution in [0.15, 0.2) is 24.3 Å². The summed E-state index contributed by atoms with van der Waals surface area (Å²) in [5, 5.41) is 40.9. The van der Waals surface area contributed by atoms with Crippen molar-refractivity contribution in [2.24, 2.45) is 17.6 Å². The third-order valence-electron chi connectivity index (χ3n) is 8.19. The fourth-order valence-electron chi connectivity index (χ4n) is 6.15. The lowest BCUT2D eigenvalue weighted by Gasteiger charge is -2.45. The number of aliphatic hydroxyl groups excluding tert-OH is 3. The zero-order valence-electron chi connectivity index (χ0n) is 21.8. The molecule has 0 bridgehead atoms. The number of aliphatic hydroxyl groups is 3. The van der Waals surface area contributed by atoms with E-state index in [1.54, 1.807) is 24.3 Å². The van der Waals surface area contributed by atoms with E-state index in [1.165, 1.54) is 14.2 Å². The number of carbonyl (C=O) groups is 1. The number of phenolic OH excluding ortho intramolecular Hbond substituents is 1. The number of benzene rings is 2. The Morgan fingerprint density at radius 1 is 0.975 bits per heavy atom. The Kier molecular flexibility index (Phi) is 6.89. The summed E-state index contributed by atoms with van der Waals surface area (Å²) in [6, 6.07) is 5.69. The number of aromatic hydroxyl groups is 1. The molecule has 0 radical (unpaired) electrons. The smallest absolute Gasteiger partial charge is 0.310 e. The number of hydrogen-bond donors (Lipinski definition) is 5. The van der Waals surface area contributed by atoms with Crippen molar-refractivity contribution in [3.05, 3.63) is 41.0 Å². The van der Waals surface area contributed by atoms with Crippen LogP contribution in [0.3, 0.4) is 0 Å². The van der Waals surface area contributed by atoms with Crippen LogP contribution in [0, 0.1) is 11.8 Å². The molecule has 13 heteroatoms. The molecule has 0 spiro atoms. The van der Waals surface area contributed by atoms with Gasteiger partial charge in [-0.3, -0.25) is 4.79 Å². The lowest BCUT2D eigenvalue weighted by molar-refractivity contribution is -0.285. The zero-order chi connectivity index (χ0) is 28.3. The number of fused-ring (bicyclic) bond motifs is 3. The second kappa shape index (κ2) is 10.3. The summed E-state index contributed by atoms with van der Waals surface area (Å²) in [5.74, 6) is -1.16. The lowest BCUT2D eigenvalue weighted by atomic mass is 9.66. The molecule has 0 aromatic heterocycles. The molecule has 6 N–H and O–H groups in total. The highest BCUT2D eigenvalue weighted by molar-refractivity contribution is 5.79. The first kappa shape index (κ1) is 26.9. The number of rotatable bonds is 6. The molecule has 1 aliphatic carbocycles. The Labute approximate surface area is 228 Å². The summed E-state index contributed by atoms with van der Waals surface area (Å²) in [5.41, 5.74) is 8.13. The predicted octanol–water partition coefficient (Wildman–Crippen LogP) is -0.103. The van der Waals surface area contributed by atoms with Gasteiger partial charge < -0.3 is 59.3 Å². The minimum Gasteiger partial charge on any atom is -0.502 e. The second-order valence-corrected chi connectivity index (χ2v) is 10.2. The molecule has 40 heavy (non-hydrogen) atoms. The molecule has 216 valence electrons. The summed E-state index contributed by atoms with van der Waals surface area (Å²) in [6.07, 6.45) is -5.98. The van der Waals surface area contributed by atoms with E-state index in [4.69, 9.17) is 38.9 Å². The van der Waals surface area contributed by atoms with Crippen LogP contribution < -0.4 is 24.7 Å². The van der Waals surface area contributed by atoms with Crippen molar-refractivity contribution >= 4 is 5.97 Å². The molecule has 0 unspecified atom stereocenters. The van der Waals surface area contributed by atoms with Crippen molar-refractivity contribution in [3.63, 3.8) is 0 Å². The van der Waals surface area contributed by atoms with Gasteiger partial charge in [-0.15, -0.1) is 0 Å². The molecule has 2 aromatic carbocycles. The highest BCUT2D eigenvalue weighted by atomic mass is 16.7. The summed E-state index contributed by atoms with van der Waals surface area (Å²) < 4.78 is 39.7. The van der Waals surface area contributed by atoms with Crippen LogP contribution in [0.2, 0.25) is 0 Å². The minimum absolute atomic E-state index is 0.0169. The van der Waals surface area contributed by atoms with Gasteiger partial charge in [-0.1, -0.05) is 0 Å². The largest absolute Gasteiger partial charge is 0.502 e. The molecule has 2 saturated heterocycles. The number of ether oxygens (including phenoxy) is 7. The van der Waals surface area contributed by atoms with Gasteiger partial charge in [0.15, 0.2) is 29.3 Å². The molecule has 0 amide bonds. The van der Waals surface area contributed by atoms with Crippen molar-refractivity contribution in [1.82, 2.24) is 0 Å². The van der Waals surface area contributed by atoms with Crippen molar-refractivity contribution in [1.29, 1.82) is 0 Å². The SMILES string of the molecule is COc1cc([C@@H]2c3cc4c(cc3[C@@H](O[C@@H]3O[C@H](CO)[C@@H](O)[C@H](O)[C@H]3N)[C@H]3COC(=O)[C@H]23)OCO4)cc(OC)c1O. The van der Waals surface area contributed by atoms with Crippen LogP contribution in [0.25, 0.3) is 0 Å². The first-order valence-corrected chi connectivity index (χ1v) is 12.9. The minimum atomic E-state index is -1.42. The summed E-state index contributed by atoms with van der Waals surface area (Å²) >= 11 is 0. The van der Waals surface area contributed by atoms with Gasteiger partial charge in [0.1, 0.15) is 18.3 Å². The number of nitrogens with two attached hydrogens (primary N) is 1. The van der Waals surface area contributed by atoms with E-state index in [0.717, 1.165) is 0 Å². The lowest BCUT2D eigenvalue weighted by Crippen LogP contribution is -2.62. The van der Waals surface area contributed by atoms with Gasteiger partial charge in [0.05, 0.1) is 45.5 Å². The second-order valence-electron chi connectivity index (χ2n) is 10.2. The van der Waals surface area contributed by atoms with E-state index in [9.17, 15) is 25.2 Å². The van der Waals surface area contributed by atoms with Crippen LogP contribution in [0.1, 0.15) is 28.7 Å². The molecule has 9 atom stereocenters. The Morgan fingerprint density at radius 3 is 2.25 bits per heavy atom. The van der Waals surface area contributed by atoms with Crippen molar-refractivity contribution in [2.45, 2.75) is 42.7 Å². The Bertz CT molecular complexity index is 1280. The molecular weight excluding hydrogens is 530 g/mol. The van der Waals surface area contributed by atoms with E-state index in [1.807, 2.05) is 0 Å². The van der Waals surface area contributed by atoms with Gasteiger partial charge in [0.25, 0.3) is 0 Å². The monoisotopic (exact) mass is 561 g/mol. The summed E-state index contributed by atoms with van der Waals surface area (Å²) in [7, 11) is 2.83. The maximum absolute atomic E-state index is 13.3. The molecule has 13 nitrogen and oxygen atoms in total. The molecule has 2 fully saturated rings. The normalized spacial score (nSPS) is 34.1. The molecule has 3 heterocycles. The first-order valence-electron chi connectivity index (χ1n) is 12.9. The molecule has 4 aliphatic rings. The number of hydrogen-bond acceptors (Lipinski definition) is 13. The summed E-state index contributed by atoms with van der Waals surface area (Å²) in [6.45, 7) is -0.518. The van der Waals surface area contributed by atoms with Crippen LogP contribution in [0.5, 0.6) is 28.7 Å². The zero-order valence-corrected chi connectivity index (χ0v) is 21.8. The van der Waals surface area contributed by atoms with Gasteiger partial charge in [-0.25, -0.2) is 0 Å². The Morgan fingerprint density at radius 2 is 1.62 bits per heavy atom. The number of cyclic esters (lactones) is 1. The maximum Gasteiger partial charge on any atom is 0.310 e. The molecule has 6 rings (SSSR count). The third kappa shape index (κ3) is 4.12. The average Bonchev–Trinajstić information content (AvgIpc) is 3.58. The highest BCUT2D eigenvalue weighted by Gasteiger charge is 2.55. The molecule has 2 aromatic rings. The number of esters is 1. The van der Waals surface area contributed by atoms with E-state index < -0.39 is 67.1 Å². The molecule has 3 aliphatic heterocycles. The van der Waals surface area contributed by atoms with E-state index in [0.29, 0.717) is 28.2 Å². The Balaban J connectivity index is 1.48. The maximum atomic E-state index is 13.3. The van der Waals surface area contributed by atoms with Crippen molar-refractivity contribution in [3.8, 4) is 28.7 Å². The predicted molar refractivity (Wildman–Crippen MR) is 133 cm³/mol. The third-order valence-corrected chi connectivity index (χ3v) is 8.19. The fourth-order valence-corrected chi connectivity index (χ4v) is 6.15. The van der Waals surface area contributed by atoms with E-state index in [2.05, 4.69) is 0 Å². The molecule has 0 saturated carbocycles. The van der Waals surface area contributed by atoms with Gasteiger partial charge in [0, 0.05) is 11.8 Å². The highest BCUT2D eigenvalue weighted by Crippen LogP contribution is 2.56. The quantitative estimate of drug-likeness (QED) is 0.294. The van der Waals surface area contributed by atoms with Crippen LogP contribution in [0.4, 0.5) is 0 Å². The average molecular weight is 562 g/mol. The van der Waals surface area contributed by atoms with E-state index in [-0.39, 0.29) is 30.6 Å². The molecular formula is C27H31NO12. The number of carbonyl (C=O) groups excluding carboxylic acids is 1. The number of phenols is 1. The van der Waals surface area contributed by atoms with Gasteiger partial charge in [0.2, 0.25) is 12.5 Å². The van der Waals surface area contributed by atoms with Crippen molar-refractivity contribution in [2.75, 3.05) is 34.2 Å². The standard InChI is InChI=1S/C27H31NO12/c1-34-16-3-10(4-17(35-2)22(16)30)19-11-5-14-15(38-9-37-14)6-12(11)25(13-8-36-26(33)20(13)19)40-27-21(28)24(32)23(31)18(7-29)39-27/h3-6,13,18-21,23-25,27,29-32H,7-9,28H2,1-2H3/t13-,18+,19+,20-,21+,23+,24+,25+,27-/m0/s1. The first-order chi connectivity index (χ1) is 19.3. The fraction of sp³-hybridized carbons (Fsp3) is 0.519. The van der Waals surface area contributed by atoms with E-state index >= 15 is 0 Å². The van der Waals surface area contributed by atoms with Crippen LogP contribution >= 0.6 is 0 Å².